The Hall–Kier alpha value is -2.36. The van der Waals surface area contributed by atoms with E-state index in [1.807, 2.05) is 24.4 Å². The first-order valence-electron chi connectivity index (χ1n) is 10.0. The predicted molar refractivity (Wildman–Crippen MR) is 117 cm³/mol. The molecule has 0 aliphatic carbocycles. The smallest absolute Gasteiger partial charge is 0.245 e. The highest BCUT2D eigenvalue weighted by Gasteiger charge is 2.33. The molecule has 30 heavy (non-hydrogen) atoms. The van der Waals surface area contributed by atoms with Gasteiger partial charge in [0.25, 0.3) is 0 Å². The average molecular weight is 445 g/mol. The minimum absolute atomic E-state index is 0.0109. The van der Waals surface area contributed by atoms with Gasteiger partial charge in [0, 0.05) is 42.4 Å². The molecule has 4 rings (SSSR count). The number of nitrogens with zero attached hydrogens (tertiary/aromatic N) is 3. The Balaban J connectivity index is 1.54. The van der Waals surface area contributed by atoms with Gasteiger partial charge >= 0.3 is 0 Å². The highest BCUT2D eigenvalue weighted by molar-refractivity contribution is 7.89. The van der Waals surface area contributed by atoms with Crippen molar-refractivity contribution < 1.29 is 13.2 Å². The average Bonchev–Trinajstić information content (AvgIpc) is 3.26. The molecular formula is C21H24N4O3S2. The number of benzene rings is 1. The first kappa shape index (κ1) is 20.9. The monoisotopic (exact) mass is 444 g/mol. The largest absolute Gasteiger partial charge is 0.350 e. The van der Waals surface area contributed by atoms with Crippen LogP contribution in [-0.2, 0) is 21.4 Å². The van der Waals surface area contributed by atoms with E-state index in [9.17, 15) is 13.2 Å². The van der Waals surface area contributed by atoms with Crippen molar-refractivity contribution in [1.82, 2.24) is 19.6 Å². The number of fused-ring (bicyclic) bond motifs is 1. The van der Waals surface area contributed by atoms with Crippen molar-refractivity contribution >= 4 is 38.2 Å². The predicted octanol–water partition coefficient (Wildman–Crippen LogP) is 3.29. The number of sulfonamides is 1. The van der Waals surface area contributed by atoms with Gasteiger partial charge in [-0.1, -0.05) is 25.1 Å². The van der Waals surface area contributed by atoms with Crippen molar-refractivity contribution in [1.29, 1.82) is 0 Å². The molecule has 0 unspecified atom stereocenters. The molecule has 3 aromatic rings. The number of piperidine rings is 1. The van der Waals surface area contributed by atoms with Gasteiger partial charge in [-0.2, -0.15) is 4.31 Å². The Morgan fingerprint density at radius 2 is 2.13 bits per heavy atom. The van der Waals surface area contributed by atoms with Crippen LogP contribution in [0.1, 0.15) is 42.8 Å². The molecular weight excluding hydrogens is 420 g/mol. The standard InChI is InChI=1S/C21H24N4O3S2/c1-2-19(26)23-12-17-14-29-21(24-17)16-8-5-11-25(13-16)30(27,28)18-9-3-6-15-7-4-10-22-20(15)18/h3-4,6-7,9-10,14,16H,2,5,8,11-13H2,1H3,(H,23,26)/t16-/m0/s1. The number of aromatic nitrogens is 2. The van der Waals surface area contributed by atoms with E-state index in [-0.39, 0.29) is 16.7 Å². The second-order valence-corrected chi connectivity index (χ2v) is 10.1. The Morgan fingerprint density at radius 3 is 2.97 bits per heavy atom. The molecule has 1 amide bonds. The van der Waals surface area contributed by atoms with Crippen LogP contribution in [0.25, 0.3) is 10.9 Å². The number of thiazole rings is 1. The van der Waals surface area contributed by atoms with Crippen LogP contribution in [0, 0.1) is 0 Å². The molecule has 1 aliphatic rings. The fraction of sp³-hybridized carbons (Fsp3) is 0.381. The Labute approximate surface area is 180 Å². The number of hydrogen-bond donors (Lipinski definition) is 1. The minimum atomic E-state index is -3.66. The summed E-state index contributed by atoms with van der Waals surface area (Å²) >= 11 is 1.53. The van der Waals surface area contributed by atoms with E-state index in [2.05, 4.69) is 15.3 Å². The van der Waals surface area contributed by atoms with Crippen LogP contribution in [0.3, 0.4) is 0 Å². The molecule has 3 heterocycles. The van der Waals surface area contributed by atoms with Crippen LogP contribution < -0.4 is 5.32 Å². The zero-order chi connectivity index (χ0) is 21.1. The Kier molecular flexibility index (Phi) is 6.12. The van der Waals surface area contributed by atoms with Crippen molar-refractivity contribution in [2.24, 2.45) is 0 Å². The van der Waals surface area contributed by atoms with Gasteiger partial charge in [0.1, 0.15) is 4.90 Å². The number of amides is 1. The maximum Gasteiger partial charge on any atom is 0.245 e. The first-order chi connectivity index (χ1) is 14.5. The number of para-hydroxylation sites is 1. The summed E-state index contributed by atoms with van der Waals surface area (Å²) in [4.78, 5) is 20.7. The van der Waals surface area contributed by atoms with Gasteiger partial charge < -0.3 is 5.32 Å². The molecule has 0 saturated carbocycles. The topological polar surface area (TPSA) is 92.3 Å². The fourth-order valence-electron chi connectivity index (χ4n) is 3.69. The van der Waals surface area contributed by atoms with Gasteiger partial charge in [-0.15, -0.1) is 11.3 Å². The molecule has 0 bridgehead atoms. The lowest BCUT2D eigenvalue weighted by atomic mass is 10.0. The Bertz CT molecular complexity index is 1150. The third kappa shape index (κ3) is 4.23. The maximum absolute atomic E-state index is 13.4. The SMILES string of the molecule is CCC(=O)NCc1csc([C@H]2CCCN(S(=O)(=O)c3cccc4cccnc34)C2)n1. The van der Waals surface area contributed by atoms with Crippen molar-refractivity contribution in [2.45, 2.75) is 43.5 Å². The van der Waals surface area contributed by atoms with E-state index < -0.39 is 10.0 Å². The van der Waals surface area contributed by atoms with Gasteiger partial charge in [0.2, 0.25) is 15.9 Å². The number of pyridine rings is 1. The van der Waals surface area contributed by atoms with Crippen molar-refractivity contribution in [2.75, 3.05) is 13.1 Å². The number of carbonyl (C=O) groups excluding carboxylic acids is 1. The second kappa shape index (κ2) is 8.79. The van der Waals surface area contributed by atoms with Crippen LogP contribution >= 0.6 is 11.3 Å². The third-order valence-corrected chi connectivity index (χ3v) is 8.26. The normalized spacial score (nSPS) is 17.8. The quantitative estimate of drug-likeness (QED) is 0.630. The third-order valence-electron chi connectivity index (χ3n) is 5.30. The highest BCUT2D eigenvalue weighted by Crippen LogP contribution is 2.33. The summed E-state index contributed by atoms with van der Waals surface area (Å²) in [6.07, 6.45) is 3.74. The highest BCUT2D eigenvalue weighted by atomic mass is 32.2. The van der Waals surface area contributed by atoms with Crippen molar-refractivity contribution in [3.63, 3.8) is 0 Å². The number of rotatable bonds is 6. The summed E-state index contributed by atoms with van der Waals surface area (Å²) < 4.78 is 28.4. The van der Waals surface area contributed by atoms with Gasteiger partial charge in [0.15, 0.2) is 0 Å². The second-order valence-electron chi connectivity index (χ2n) is 7.34. The van der Waals surface area contributed by atoms with Crippen molar-refractivity contribution in [3.05, 3.63) is 52.6 Å². The van der Waals surface area contributed by atoms with E-state index in [0.717, 1.165) is 28.9 Å². The number of hydrogen-bond acceptors (Lipinski definition) is 6. The lowest BCUT2D eigenvalue weighted by molar-refractivity contribution is -0.120. The van der Waals surface area contributed by atoms with E-state index in [1.165, 1.54) is 11.3 Å². The van der Waals surface area contributed by atoms with Crippen LogP contribution in [0.2, 0.25) is 0 Å². The fourth-order valence-corrected chi connectivity index (χ4v) is 6.33. The van der Waals surface area contributed by atoms with Gasteiger partial charge in [0.05, 0.1) is 22.8 Å². The number of carbonyl (C=O) groups is 1. The summed E-state index contributed by atoms with van der Waals surface area (Å²) in [6.45, 7) is 3.11. The van der Waals surface area contributed by atoms with Gasteiger partial charge in [-0.3, -0.25) is 9.78 Å². The van der Waals surface area contributed by atoms with E-state index in [1.54, 1.807) is 28.7 Å². The van der Waals surface area contributed by atoms with Gasteiger partial charge in [-0.05, 0) is 25.0 Å². The summed E-state index contributed by atoms with van der Waals surface area (Å²) in [7, 11) is -3.66. The molecule has 1 aromatic carbocycles. The summed E-state index contributed by atoms with van der Waals surface area (Å²) in [5.74, 6) is 0.0419. The Morgan fingerprint density at radius 1 is 1.30 bits per heavy atom. The van der Waals surface area contributed by atoms with Crippen LogP contribution in [0.15, 0.2) is 46.8 Å². The molecule has 0 spiro atoms. The minimum Gasteiger partial charge on any atom is -0.350 e. The maximum atomic E-state index is 13.4. The van der Waals surface area contributed by atoms with E-state index in [4.69, 9.17) is 0 Å². The number of nitrogens with one attached hydrogen (secondary N) is 1. The lowest BCUT2D eigenvalue weighted by Gasteiger charge is -2.31. The summed E-state index contributed by atoms with van der Waals surface area (Å²) in [6, 6.07) is 8.93. The molecule has 158 valence electrons. The molecule has 2 aromatic heterocycles. The van der Waals surface area contributed by atoms with E-state index >= 15 is 0 Å². The molecule has 1 N–H and O–H groups in total. The zero-order valence-electron chi connectivity index (χ0n) is 16.7. The molecule has 1 aliphatic heterocycles. The molecule has 1 atom stereocenters. The molecule has 7 nitrogen and oxygen atoms in total. The van der Waals surface area contributed by atoms with Crippen LogP contribution in [-0.4, -0.2) is 41.7 Å². The first-order valence-corrected chi connectivity index (χ1v) is 12.4. The lowest BCUT2D eigenvalue weighted by Crippen LogP contribution is -2.39. The van der Waals surface area contributed by atoms with Gasteiger partial charge in [-0.25, -0.2) is 13.4 Å². The van der Waals surface area contributed by atoms with Crippen LogP contribution in [0.5, 0.6) is 0 Å². The summed E-state index contributed by atoms with van der Waals surface area (Å²) in [5, 5.41) is 6.50. The molecule has 1 fully saturated rings. The molecule has 1 saturated heterocycles. The zero-order valence-corrected chi connectivity index (χ0v) is 18.4. The van der Waals surface area contributed by atoms with Crippen molar-refractivity contribution in [3.8, 4) is 0 Å². The molecule has 9 heteroatoms. The molecule has 0 radical (unpaired) electrons. The summed E-state index contributed by atoms with van der Waals surface area (Å²) in [5.41, 5.74) is 1.32. The van der Waals surface area contributed by atoms with Crippen LogP contribution in [0.4, 0.5) is 0 Å². The van der Waals surface area contributed by atoms with E-state index in [0.29, 0.717) is 31.6 Å².